The lowest BCUT2D eigenvalue weighted by atomic mass is 10.1. The number of pyridine rings is 2. The van der Waals surface area contributed by atoms with E-state index in [-0.39, 0.29) is 12.2 Å². The molecule has 5 rings (SSSR count). The Morgan fingerprint density at radius 2 is 1.87 bits per heavy atom. The summed E-state index contributed by atoms with van der Waals surface area (Å²) < 4.78 is 33.7. The minimum atomic E-state index is -0.928. The molecule has 0 spiro atoms. The fourth-order valence-electron chi connectivity index (χ4n) is 4.18. The monoisotopic (exact) mass is 514 g/mol. The Morgan fingerprint density at radius 3 is 2.71 bits per heavy atom. The van der Waals surface area contributed by atoms with Crippen molar-refractivity contribution < 1.29 is 13.5 Å². The molecular formula is C29H28F2N6O. The summed E-state index contributed by atoms with van der Waals surface area (Å²) in [5.74, 6) is -0.591. The minimum Gasteiger partial charge on any atom is -0.492 e. The first-order valence-electron chi connectivity index (χ1n) is 12.5. The molecule has 0 saturated heterocycles. The number of unbranched alkanes of at least 4 members (excludes halogenated alkanes) is 1. The second kappa shape index (κ2) is 11.4. The van der Waals surface area contributed by atoms with Crippen LogP contribution >= 0.6 is 0 Å². The molecule has 5 aromatic rings. The predicted molar refractivity (Wildman–Crippen MR) is 145 cm³/mol. The van der Waals surface area contributed by atoms with Crippen molar-refractivity contribution in [3.8, 4) is 28.4 Å². The van der Waals surface area contributed by atoms with Crippen LogP contribution in [0.4, 0.5) is 14.5 Å². The lowest BCUT2D eigenvalue weighted by molar-refractivity contribution is 0.307. The molecule has 38 heavy (non-hydrogen) atoms. The third-order valence-corrected chi connectivity index (χ3v) is 6.09. The van der Waals surface area contributed by atoms with Crippen molar-refractivity contribution in [2.45, 2.75) is 26.3 Å². The Kier molecular flexibility index (Phi) is 7.55. The summed E-state index contributed by atoms with van der Waals surface area (Å²) in [4.78, 5) is 17.3. The van der Waals surface area contributed by atoms with Gasteiger partial charge in [0.2, 0.25) is 0 Å². The maximum absolute atomic E-state index is 14.2. The highest BCUT2D eigenvalue weighted by atomic mass is 19.2. The molecule has 2 aromatic carbocycles. The summed E-state index contributed by atoms with van der Waals surface area (Å²) in [5, 5.41) is 3.84. The number of H-pyrrole nitrogens is 1. The molecule has 4 N–H and O–H groups in total. The molecule has 0 aliphatic carbocycles. The molecule has 0 amide bonds. The summed E-state index contributed by atoms with van der Waals surface area (Å²) in [5.41, 5.74) is 10.3. The second-order valence-corrected chi connectivity index (χ2v) is 8.95. The molecular weight excluding hydrogens is 486 g/mol. The van der Waals surface area contributed by atoms with Crippen molar-refractivity contribution in [1.29, 1.82) is 0 Å². The molecule has 7 nitrogen and oxygen atoms in total. The summed E-state index contributed by atoms with van der Waals surface area (Å²) >= 11 is 0. The van der Waals surface area contributed by atoms with Crippen molar-refractivity contribution in [1.82, 2.24) is 19.9 Å². The van der Waals surface area contributed by atoms with Gasteiger partial charge in [0.15, 0.2) is 11.6 Å². The molecule has 0 unspecified atom stereocenters. The van der Waals surface area contributed by atoms with Gasteiger partial charge in [-0.1, -0.05) is 18.2 Å². The van der Waals surface area contributed by atoms with Gasteiger partial charge in [-0.2, -0.15) is 0 Å². The van der Waals surface area contributed by atoms with Crippen LogP contribution in [-0.4, -0.2) is 33.1 Å². The van der Waals surface area contributed by atoms with E-state index in [1.165, 1.54) is 12.1 Å². The average molecular weight is 515 g/mol. The standard InChI is InChI=1S/C29H28F2N6O/c1-18-6-4-9-25(35-18)29-28(36-26(37-29)17-34-24-8-5-7-22(30)27(24)31)19-10-11-23-20(14-19)15-21(16-33-23)38-13-3-2-12-32/h4-11,14-16,34H,2-3,12-13,17,32H2,1H3,(H,36,37). The van der Waals surface area contributed by atoms with Crippen molar-refractivity contribution in [2.24, 2.45) is 5.73 Å². The van der Waals surface area contributed by atoms with E-state index in [4.69, 9.17) is 15.5 Å². The predicted octanol–water partition coefficient (Wildman–Crippen LogP) is 6.00. The van der Waals surface area contributed by atoms with Crippen LogP contribution < -0.4 is 15.8 Å². The van der Waals surface area contributed by atoms with E-state index in [0.717, 1.165) is 46.8 Å². The van der Waals surface area contributed by atoms with Crippen LogP contribution in [0.1, 0.15) is 24.4 Å². The van der Waals surface area contributed by atoms with Crippen molar-refractivity contribution in [3.05, 3.63) is 90.0 Å². The van der Waals surface area contributed by atoms with Crippen molar-refractivity contribution in [3.63, 3.8) is 0 Å². The summed E-state index contributed by atoms with van der Waals surface area (Å²) in [7, 11) is 0. The molecule has 3 heterocycles. The molecule has 0 fully saturated rings. The Labute approximate surface area is 219 Å². The number of aromatic amines is 1. The lowest BCUT2D eigenvalue weighted by Gasteiger charge is -2.08. The molecule has 194 valence electrons. The van der Waals surface area contributed by atoms with Gasteiger partial charge in [0.1, 0.15) is 17.3 Å². The minimum absolute atomic E-state index is 0.0638. The van der Waals surface area contributed by atoms with Crippen LogP contribution in [-0.2, 0) is 6.54 Å². The topological polar surface area (TPSA) is 102 Å². The molecule has 0 atom stereocenters. The number of fused-ring (bicyclic) bond motifs is 1. The maximum atomic E-state index is 14.2. The number of halogens is 2. The molecule has 0 aliphatic rings. The van der Waals surface area contributed by atoms with Crippen LogP contribution in [0.2, 0.25) is 0 Å². The number of ether oxygens (including phenoxy) is 1. The van der Waals surface area contributed by atoms with E-state index in [1.807, 2.05) is 49.4 Å². The first kappa shape index (κ1) is 25.3. The zero-order valence-corrected chi connectivity index (χ0v) is 21.0. The highest BCUT2D eigenvalue weighted by molar-refractivity contribution is 5.87. The van der Waals surface area contributed by atoms with Crippen LogP contribution in [0, 0.1) is 18.6 Å². The van der Waals surface area contributed by atoms with Gasteiger partial charge in [-0.15, -0.1) is 0 Å². The zero-order valence-electron chi connectivity index (χ0n) is 21.0. The lowest BCUT2D eigenvalue weighted by Crippen LogP contribution is -2.04. The number of imidazole rings is 1. The van der Waals surface area contributed by atoms with Crippen molar-refractivity contribution in [2.75, 3.05) is 18.5 Å². The Balaban J connectivity index is 1.49. The average Bonchev–Trinajstić information content (AvgIpc) is 3.36. The zero-order chi connectivity index (χ0) is 26.5. The van der Waals surface area contributed by atoms with Crippen LogP contribution in [0.5, 0.6) is 5.75 Å². The first-order valence-corrected chi connectivity index (χ1v) is 12.5. The van der Waals surface area contributed by atoms with Gasteiger partial charge in [-0.3, -0.25) is 9.97 Å². The number of rotatable bonds is 10. The molecule has 0 saturated carbocycles. The summed E-state index contributed by atoms with van der Waals surface area (Å²) in [6, 6.07) is 17.6. The molecule has 9 heteroatoms. The van der Waals surface area contributed by atoms with Crippen LogP contribution in [0.3, 0.4) is 0 Å². The number of nitrogens with two attached hydrogens (primary N) is 1. The van der Waals surface area contributed by atoms with E-state index in [1.54, 1.807) is 6.20 Å². The number of aryl methyl sites for hydroxylation is 1. The molecule has 0 aliphatic heterocycles. The summed E-state index contributed by atoms with van der Waals surface area (Å²) in [6.45, 7) is 3.30. The smallest absolute Gasteiger partial charge is 0.181 e. The number of nitrogens with one attached hydrogen (secondary N) is 2. The third kappa shape index (κ3) is 5.63. The van der Waals surface area contributed by atoms with Gasteiger partial charge < -0.3 is 20.8 Å². The number of aromatic nitrogens is 4. The molecule has 0 bridgehead atoms. The Bertz CT molecular complexity index is 1570. The molecule has 0 radical (unpaired) electrons. The van der Waals surface area contributed by atoms with Gasteiger partial charge in [-0.25, -0.2) is 13.8 Å². The Morgan fingerprint density at radius 1 is 1.00 bits per heavy atom. The fraction of sp³-hybridized carbons (Fsp3) is 0.207. The number of nitrogens with zero attached hydrogens (tertiary/aromatic N) is 3. The maximum Gasteiger partial charge on any atom is 0.181 e. The van der Waals surface area contributed by atoms with E-state index in [2.05, 4.69) is 20.3 Å². The SMILES string of the molecule is Cc1cccc(-c2nc(CNc3cccc(F)c3F)[nH]c2-c2ccc3ncc(OCCCCN)cc3c2)n1. The number of hydrogen-bond donors (Lipinski definition) is 3. The number of benzene rings is 2. The van der Waals surface area contributed by atoms with E-state index >= 15 is 0 Å². The van der Waals surface area contributed by atoms with Gasteiger partial charge in [-0.05, 0) is 68.8 Å². The fourth-order valence-corrected chi connectivity index (χ4v) is 4.18. The first-order chi connectivity index (χ1) is 18.5. The van der Waals surface area contributed by atoms with Gasteiger partial charge >= 0.3 is 0 Å². The third-order valence-electron chi connectivity index (χ3n) is 6.09. The van der Waals surface area contributed by atoms with E-state index in [9.17, 15) is 8.78 Å². The Hall–Kier alpha value is -4.37. The largest absolute Gasteiger partial charge is 0.492 e. The molecule has 3 aromatic heterocycles. The normalized spacial score (nSPS) is 11.2. The van der Waals surface area contributed by atoms with Crippen molar-refractivity contribution >= 4 is 16.6 Å². The van der Waals surface area contributed by atoms with Crippen LogP contribution in [0.15, 0.2) is 66.9 Å². The quantitative estimate of drug-likeness (QED) is 0.198. The van der Waals surface area contributed by atoms with Gasteiger partial charge in [0, 0.05) is 16.6 Å². The van der Waals surface area contributed by atoms with E-state index < -0.39 is 11.6 Å². The summed E-state index contributed by atoms with van der Waals surface area (Å²) in [6.07, 6.45) is 3.51. The van der Waals surface area contributed by atoms with Gasteiger partial charge in [0.25, 0.3) is 0 Å². The second-order valence-electron chi connectivity index (χ2n) is 8.95. The number of anilines is 1. The van der Waals surface area contributed by atoms with Crippen LogP contribution in [0.25, 0.3) is 33.5 Å². The van der Waals surface area contributed by atoms with Gasteiger partial charge in [0.05, 0.1) is 41.9 Å². The highest BCUT2D eigenvalue weighted by Gasteiger charge is 2.17. The van der Waals surface area contributed by atoms with E-state index in [0.29, 0.717) is 36.1 Å². The highest BCUT2D eigenvalue weighted by Crippen LogP contribution is 2.32. The number of hydrogen-bond acceptors (Lipinski definition) is 6.